The molecule has 1 nitrogen and oxygen atoms in total. The minimum absolute atomic E-state index is 0.252. The third kappa shape index (κ3) is 3.38. The first kappa shape index (κ1) is 15.4. The average Bonchev–Trinajstić information content (AvgIpc) is 2.42. The van der Waals surface area contributed by atoms with E-state index in [2.05, 4.69) is 19.2 Å². The second-order valence-corrected chi connectivity index (χ2v) is 6.38. The van der Waals surface area contributed by atoms with Gasteiger partial charge in [-0.2, -0.15) is 0 Å². The third-order valence-corrected chi connectivity index (χ3v) is 4.86. The van der Waals surface area contributed by atoms with Crippen LogP contribution in [0.4, 0.5) is 8.78 Å². The van der Waals surface area contributed by atoms with E-state index >= 15 is 0 Å². The number of nitrogens with one attached hydrogen (secondary N) is 1. The van der Waals surface area contributed by atoms with Crippen LogP contribution in [0.25, 0.3) is 0 Å². The van der Waals surface area contributed by atoms with Crippen molar-refractivity contribution in [2.75, 3.05) is 7.05 Å². The van der Waals surface area contributed by atoms with E-state index in [0.717, 1.165) is 12.8 Å². The van der Waals surface area contributed by atoms with Gasteiger partial charge in [-0.3, -0.25) is 0 Å². The Hall–Kier alpha value is -0.960. The molecule has 0 aliphatic heterocycles. The van der Waals surface area contributed by atoms with Crippen LogP contribution in [0.5, 0.6) is 0 Å². The molecular formula is C17H25F2N. The van der Waals surface area contributed by atoms with Gasteiger partial charge in [0.1, 0.15) is 11.6 Å². The largest absolute Gasteiger partial charge is 0.317 e. The lowest BCUT2D eigenvalue weighted by Gasteiger charge is -2.38. The van der Waals surface area contributed by atoms with Crippen molar-refractivity contribution in [3.8, 4) is 0 Å². The van der Waals surface area contributed by atoms with E-state index in [4.69, 9.17) is 0 Å². The van der Waals surface area contributed by atoms with Crippen LogP contribution in [0.15, 0.2) is 18.2 Å². The quantitative estimate of drug-likeness (QED) is 0.873. The SMILES string of the molecule is CNC1CCC(C(C)C)CC1Cc1c(F)cccc1F. The standard InChI is InChI=1S/C17H25F2N/c1-11(2)12-7-8-17(20-3)13(9-12)10-14-15(18)5-4-6-16(14)19/h4-6,11-13,17,20H,7-10H2,1-3H3. The van der Waals surface area contributed by atoms with Crippen molar-refractivity contribution in [2.24, 2.45) is 17.8 Å². The number of hydrogen-bond acceptors (Lipinski definition) is 1. The molecule has 0 amide bonds. The van der Waals surface area contributed by atoms with Crippen LogP contribution in [-0.2, 0) is 6.42 Å². The molecular weight excluding hydrogens is 256 g/mol. The Kier molecular flexibility index (Phi) is 5.14. The van der Waals surface area contributed by atoms with E-state index in [0.29, 0.717) is 30.2 Å². The van der Waals surface area contributed by atoms with E-state index in [1.54, 1.807) is 0 Å². The van der Waals surface area contributed by atoms with Crippen molar-refractivity contribution in [2.45, 2.75) is 45.6 Å². The van der Waals surface area contributed by atoms with E-state index < -0.39 is 11.6 Å². The van der Waals surface area contributed by atoms with Gasteiger partial charge in [0, 0.05) is 11.6 Å². The molecule has 0 heterocycles. The van der Waals surface area contributed by atoms with Gasteiger partial charge < -0.3 is 5.32 Å². The molecule has 0 aromatic heterocycles. The molecule has 20 heavy (non-hydrogen) atoms. The van der Waals surface area contributed by atoms with Crippen LogP contribution in [0.2, 0.25) is 0 Å². The summed E-state index contributed by atoms with van der Waals surface area (Å²) >= 11 is 0. The van der Waals surface area contributed by atoms with Crippen molar-refractivity contribution in [3.63, 3.8) is 0 Å². The van der Waals surface area contributed by atoms with Gasteiger partial charge in [0.2, 0.25) is 0 Å². The summed E-state index contributed by atoms with van der Waals surface area (Å²) in [4.78, 5) is 0. The van der Waals surface area contributed by atoms with Crippen LogP contribution < -0.4 is 5.32 Å². The van der Waals surface area contributed by atoms with Gasteiger partial charge in [-0.15, -0.1) is 0 Å². The smallest absolute Gasteiger partial charge is 0.129 e. The lowest BCUT2D eigenvalue weighted by Crippen LogP contribution is -2.40. The highest BCUT2D eigenvalue weighted by molar-refractivity contribution is 5.20. The molecule has 1 aliphatic carbocycles. The van der Waals surface area contributed by atoms with Gasteiger partial charge in [0.25, 0.3) is 0 Å². The average molecular weight is 281 g/mol. The first-order valence-corrected chi connectivity index (χ1v) is 7.63. The monoisotopic (exact) mass is 281 g/mol. The zero-order valence-corrected chi connectivity index (χ0v) is 12.6. The lowest BCUT2D eigenvalue weighted by molar-refractivity contribution is 0.171. The lowest BCUT2D eigenvalue weighted by atomic mass is 9.71. The first-order valence-electron chi connectivity index (χ1n) is 7.63. The van der Waals surface area contributed by atoms with Crippen LogP contribution in [0, 0.1) is 29.4 Å². The molecule has 1 aliphatic rings. The van der Waals surface area contributed by atoms with Crippen LogP contribution in [-0.4, -0.2) is 13.1 Å². The normalized spacial score (nSPS) is 27.0. The minimum atomic E-state index is -0.411. The summed E-state index contributed by atoms with van der Waals surface area (Å²) in [5.41, 5.74) is 0.252. The molecule has 112 valence electrons. The molecule has 0 bridgehead atoms. The zero-order valence-electron chi connectivity index (χ0n) is 12.6. The predicted octanol–water partition coefficient (Wildman–Crippen LogP) is 4.17. The van der Waals surface area contributed by atoms with Crippen LogP contribution in [0.3, 0.4) is 0 Å². The van der Waals surface area contributed by atoms with Gasteiger partial charge in [-0.1, -0.05) is 19.9 Å². The topological polar surface area (TPSA) is 12.0 Å². The molecule has 3 atom stereocenters. The van der Waals surface area contributed by atoms with Crippen molar-refractivity contribution in [3.05, 3.63) is 35.4 Å². The summed E-state index contributed by atoms with van der Waals surface area (Å²) in [6.07, 6.45) is 3.85. The van der Waals surface area contributed by atoms with Gasteiger partial charge in [0.15, 0.2) is 0 Å². The van der Waals surface area contributed by atoms with Crippen LogP contribution in [0.1, 0.15) is 38.7 Å². The van der Waals surface area contributed by atoms with E-state index in [1.807, 2.05) is 7.05 Å². The summed E-state index contributed by atoms with van der Waals surface area (Å²) in [7, 11) is 1.95. The summed E-state index contributed by atoms with van der Waals surface area (Å²) in [5.74, 6) is 0.797. The van der Waals surface area contributed by atoms with E-state index in [1.165, 1.54) is 24.6 Å². The maximum absolute atomic E-state index is 13.8. The molecule has 1 aromatic carbocycles. The van der Waals surface area contributed by atoms with Crippen molar-refractivity contribution in [1.29, 1.82) is 0 Å². The second-order valence-electron chi connectivity index (χ2n) is 6.38. The Balaban J connectivity index is 2.15. The Morgan fingerprint density at radius 1 is 1.20 bits per heavy atom. The van der Waals surface area contributed by atoms with Crippen molar-refractivity contribution < 1.29 is 8.78 Å². The van der Waals surface area contributed by atoms with Gasteiger partial charge in [-0.05, 0) is 62.6 Å². The molecule has 1 aromatic rings. The molecule has 0 radical (unpaired) electrons. The maximum Gasteiger partial charge on any atom is 0.129 e. The van der Waals surface area contributed by atoms with Crippen molar-refractivity contribution in [1.82, 2.24) is 5.32 Å². The molecule has 0 spiro atoms. The highest BCUT2D eigenvalue weighted by atomic mass is 19.1. The van der Waals surface area contributed by atoms with E-state index in [9.17, 15) is 8.78 Å². The first-order chi connectivity index (χ1) is 9.52. The van der Waals surface area contributed by atoms with Gasteiger partial charge in [-0.25, -0.2) is 8.78 Å². The highest BCUT2D eigenvalue weighted by Gasteiger charge is 2.32. The number of rotatable bonds is 4. The predicted molar refractivity (Wildman–Crippen MR) is 78.6 cm³/mol. The second kappa shape index (κ2) is 6.66. The Morgan fingerprint density at radius 3 is 2.40 bits per heavy atom. The number of halogens is 2. The van der Waals surface area contributed by atoms with Crippen LogP contribution >= 0.6 is 0 Å². The third-order valence-electron chi connectivity index (χ3n) is 4.86. The fraction of sp³-hybridized carbons (Fsp3) is 0.647. The summed E-state index contributed by atoms with van der Waals surface area (Å²) in [6.45, 7) is 4.48. The Labute approximate surface area is 120 Å². The van der Waals surface area contributed by atoms with Gasteiger partial charge in [0.05, 0.1) is 0 Å². The number of hydrogen-bond donors (Lipinski definition) is 1. The highest BCUT2D eigenvalue weighted by Crippen LogP contribution is 2.36. The summed E-state index contributed by atoms with van der Waals surface area (Å²) < 4.78 is 27.7. The summed E-state index contributed by atoms with van der Waals surface area (Å²) in [6, 6.07) is 4.51. The molecule has 1 N–H and O–H groups in total. The molecule has 1 saturated carbocycles. The molecule has 0 saturated heterocycles. The molecule has 1 fully saturated rings. The molecule has 2 rings (SSSR count). The maximum atomic E-state index is 13.8. The fourth-order valence-corrected chi connectivity index (χ4v) is 3.50. The fourth-order valence-electron chi connectivity index (χ4n) is 3.50. The van der Waals surface area contributed by atoms with Crippen molar-refractivity contribution >= 4 is 0 Å². The Morgan fingerprint density at radius 2 is 1.85 bits per heavy atom. The number of benzene rings is 1. The van der Waals surface area contributed by atoms with Gasteiger partial charge >= 0.3 is 0 Å². The molecule has 3 heteroatoms. The zero-order chi connectivity index (χ0) is 14.7. The van der Waals surface area contributed by atoms with E-state index in [-0.39, 0.29) is 5.56 Å². The Bertz CT molecular complexity index is 424. The minimum Gasteiger partial charge on any atom is -0.317 e. The summed E-state index contributed by atoms with van der Waals surface area (Å²) in [5, 5.41) is 3.33. The molecule has 3 unspecified atom stereocenters.